The van der Waals surface area contributed by atoms with Crippen LogP contribution in [0.4, 0.5) is 0 Å². The molecular weight excluding hydrogens is 276 g/mol. The van der Waals surface area contributed by atoms with Gasteiger partial charge in [-0.1, -0.05) is 62.3 Å². The second-order valence-electron chi connectivity index (χ2n) is 9.78. The summed E-state index contributed by atoms with van der Waals surface area (Å²) in [4.78, 5) is 11.5. The second kappa shape index (κ2) is 7.33. The molecule has 3 nitrogen and oxygen atoms in total. The lowest BCUT2D eigenvalue weighted by Crippen LogP contribution is -2.41. The van der Waals surface area contributed by atoms with Crippen LogP contribution in [0.2, 0.25) is 0 Å². The molecule has 0 bridgehead atoms. The van der Waals surface area contributed by atoms with E-state index in [4.69, 9.17) is 4.74 Å². The molecule has 3 atom stereocenters. The van der Waals surface area contributed by atoms with Gasteiger partial charge < -0.3 is 9.84 Å². The first-order valence-electron chi connectivity index (χ1n) is 8.41. The summed E-state index contributed by atoms with van der Waals surface area (Å²) in [6.45, 7) is 20.6. The fourth-order valence-corrected chi connectivity index (χ4v) is 2.63. The Morgan fingerprint density at radius 2 is 1.45 bits per heavy atom. The van der Waals surface area contributed by atoms with Gasteiger partial charge >= 0.3 is 5.97 Å². The van der Waals surface area contributed by atoms with Crippen LogP contribution < -0.4 is 0 Å². The van der Waals surface area contributed by atoms with E-state index in [2.05, 4.69) is 62.3 Å². The van der Waals surface area contributed by atoms with E-state index in [9.17, 15) is 9.90 Å². The van der Waals surface area contributed by atoms with E-state index >= 15 is 0 Å². The minimum atomic E-state index is -0.377. The number of carbonyl (C=O) groups is 1. The molecule has 0 aliphatic carbocycles. The fraction of sp³-hybridized carbons (Fsp3) is 0.947. The van der Waals surface area contributed by atoms with Crippen LogP contribution in [0.15, 0.2) is 0 Å². The fourth-order valence-electron chi connectivity index (χ4n) is 2.63. The van der Waals surface area contributed by atoms with Gasteiger partial charge in [0.1, 0.15) is 6.10 Å². The lowest BCUT2D eigenvalue weighted by Gasteiger charge is -2.42. The van der Waals surface area contributed by atoms with Gasteiger partial charge in [-0.2, -0.15) is 0 Å². The lowest BCUT2D eigenvalue weighted by atomic mass is 9.68. The van der Waals surface area contributed by atoms with Crippen molar-refractivity contribution in [2.24, 2.45) is 22.2 Å². The van der Waals surface area contributed by atoms with Crippen LogP contribution in [0.3, 0.4) is 0 Å². The zero-order chi connectivity index (χ0) is 17.9. The zero-order valence-corrected chi connectivity index (χ0v) is 16.4. The highest BCUT2D eigenvalue weighted by Crippen LogP contribution is 2.41. The molecule has 3 unspecified atom stereocenters. The molecular formula is C19H38O3. The van der Waals surface area contributed by atoms with Crippen molar-refractivity contribution in [2.75, 3.05) is 0 Å². The minimum absolute atomic E-state index is 0.0904. The van der Waals surface area contributed by atoms with E-state index in [0.717, 1.165) is 6.42 Å². The van der Waals surface area contributed by atoms with Crippen molar-refractivity contribution < 1.29 is 14.6 Å². The van der Waals surface area contributed by atoms with Crippen molar-refractivity contribution in [3.05, 3.63) is 0 Å². The topological polar surface area (TPSA) is 46.5 Å². The molecule has 132 valence electrons. The molecule has 3 heteroatoms. The summed E-state index contributed by atoms with van der Waals surface area (Å²) in [6.07, 6.45) is 1.01. The van der Waals surface area contributed by atoms with Gasteiger partial charge in [0.25, 0.3) is 0 Å². The smallest absolute Gasteiger partial charge is 0.302 e. The van der Waals surface area contributed by atoms with E-state index in [1.165, 1.54) is 6.92 Å². The molecule has 0 aromatic rings. The van der Waals surface area contributed by atoms with Gasteiger partial charge in [0.2, 0.25) is 0 Å². The summed E-state index contributed by atoms with van der Waals surface area (Å²) in [5.74, 6) is -0.0547. The first-order valence-corrected chi connectivity index (χ1v) is 8.41. The van der Waals surface area contributed by atoms with Crippen LogP contribution >= 0.6 is 0 Å². The largest absolute Gasteiger partial charge is 0.462 e. The van der Waals surface area contributed by atoms with E-state index in [1.807, 2.05) is 0 Å². The van der Waals surface area contributed by atoms with Crippen LogP contribution in [0, 0.1) is 22.2 Å². The quantitative estimate of drug-likeness (QED) is 0.715. The third kappa shape index (κ3) is 7.62. The van der Waals surface area contributed by atoms with Crippen LogP contribution in [-0.2, 0) is 9.53 Å². The number of aliphatic hydroxyl groups is 1. The summed E-state index contributed by atoms with van der Waals surface area (Å²) in [7, 11) is 0. The molecule has 0 aromatic carbocycles. The molecule has 0 heterocycles. The maximum Gasteiger partial charge on any atom is 0.302 e. The average molecular weight is 315 g/mol. The van der Waals surface area contributed by atoms with Gasteiger partial charge in [-0.3, -0.25) is 4.79 Å². The molecule has 0 spiro atoms. The van der Waals surface area contributed by atoms with E-state index in [-0.39, 0.29) is 40.3 Å². The van der Waals surface area contributed by atoms with Crippen LogP contribution in [0.1, 0.15) is 82.1 Å². The normalized spacial score (nSPS) is 17.8. The van der Waals surface area contributed by atoms with Crippen LogP contribution in [-0.4, -0.2) is 23.3 Å². The summed E-state index contributed by atoms with van der Waals surface area (Å²) in [6, 6.07) is 0. The Kier molecular flexibility index (Phi) is 7.14. The monoisotopic (exact) mass is 314 g/mol. The third-order valence-electron chi connectivity index (χ3n) is 4.64. The molecule has 0 saturated heterocycles. The number of hydrogen-bond donors (Lipinski definition) is 1. The zero-order valence-electron chi connectivity index (χ0n) is 16.4. The summed E-state index contributed by atoms with van der Waals surface area (Å²) in [5, 5.41) is 10.5. The number of ether oxygens (including phenoxy) is 1. The summed E-state index contributed by atoms with van der Waals surface area (Å²) >= 11 is 0. The maximum atomic E-state index is 11.5. The van der Waals surface area contributed by atoms with Crippen molar-refractivity contribution in [2.45, 2.75) is 94.3 Å². The molecule has 0 amide bonds. The Balaban J connectivity index is 5.16. The molecule has 0 aromatic heterocycles. The Hall–Kier alpha value is -0.570. The number of aliphatic hydroxyl groups excluding tert-OH is 1. The molecule has 0 radical (unpaired) electrons. The predicted octanol–water partition coefficient (Wildman–Crippen LogP) is 4.81. The Labute approximate surface area is 137 Å². The number of rotatable bonds is 6. The number of esters is 1. The Morgan fingerprint density at radius 1 is 1.00 bits per heavy atom. The van der Waals surface area contributed by atoms with Gasteiger partial charge in [0.05, 0.1) is 6.10 Å². The van der Waals surface area contributed by atoms with Gasteiger partial charge in [-0.05, 0) is 35.0 Å². The molecule has 0 saturated carbocycles. The molecule has 0 aliphatic rings. The standard InChI is InChI=1S/C19H38O3/c1-13(15(22-14(2)20)11-17(3,4)5)19(9,10)12-16(21)18(6,7)8/h13,15-16,21H,11-12H2,1-10H3. The second-order valence-corrected chi connectivity index (χ2v) is 9.78. The Bertz CT molecular complexity index is 358. The van der Waals surface area contributed by atoms with Gasteiger partial charge in [0, 0.05) is 6.92 Å². The number of hydrogen-bond acceptors (Lipinski definition) is 3. The summed E-state index contributed by atoms with van der Waals surface area (Å²) in [5.41, 5.74) is -0.164. The van der Waals surface area contributed by atoms with Crippen molar-refractivity contribution in [1.82, 2.24) is 0 Å². The van der Waals surface area contributed by atoms with E-state index in [1.54, 1.807) is 0 Å². The number of carbonyl (C=O) groups excluding carboxylic acids is 1. The van der Waals surface area contributed by atoms with Gasteiger partial charge in [-0.15, -0.1) is 0 Å². The molecule has 22 heavy (non-hydrogen) atoms. The van der Waals surface area contributed by atoms with Crippen LogP contribution in [0.25, 0.3) is 0 Å². The molecule has 1 N–H and O–H groups in total. The third-order valence-corrected chi connectivity index (χ3v) is 4.64. The molecule has 0 fully saturated rings. The maximum absolute atomic E-state index is 11.5. The van der Waals surface area contributed by atoms with E-state index < -0.39 is 0 Å². The first-order chi connectivity index (χ1) is 9.56. The van der Waals surface area contributed by atoms with Crippen LogP contribution in [0.5, 0.6) is 0 Å². The van der Waals surface area contributed by atoms with E-state index in [0.29, 0.717) is 6.42 Å². The first kappa shape index (κ1) is 21.4. The highest BCUT2D eigenvalue weighted by molar-refractivity contribution is 5.66. The van der Waals surface area contributed by atoms with Crippen molar-refractivity contribution >= 4 is 5.97 Å². The SMILES string of the molecule is CC(=O)OC(CC(C)(C)C)C(C)C(C)(C)CC(O)C(C)(C)C. The lowest BCUT2D eigenvalue weighted by molar-refractivity contribution is -0.154. The van der Waals surface area contributed by atoms with Crippen molar-refractivity contribution in [3.8, 4) is 0 Å². The highest BCUT2D eigenvalue weighted by Gasteiger charge is 2.39. The molecule has 0 aliphatic heterocycles. The highest BCUT2D eigenvalue weighted by atomic mass is 16.5. The van der Waals surface area contributed by atoms with Gasteiger partial charge in [-0.25, -0.2) is 0 Å². The van der Waals surface area contributed by atoms with Crippen molar-refractivity contribution in [1.29, 1.82) is 0 Å². The average Bonchev–Trinajstić information content (AvgIpc) is 2.22. The minimum Gasteiger partial charge on any atom is -0.462 e. The Morgan fingerprint density at radius 3 is 1.77 bits per heavy atom. The van der Waals surface area contributed by atoms with Crippen molar-refractivity contribution in [3.63, 3.8) is 0 Å². The van der Waals surface area contributed by atoms with Gasteiger partial charge in [0.15, 0.2) is 0 Å². The summed E-state index contributed by atoms with van der Waals surface area (Å²) < 4.78 is 5.62. The predicted molar refractivity (Wildman–Crippen MR) is 92.6 cm³/mol. The molecule has 0 rings (SSSR count).